The van der Waals surface area contributed by atoms with Crippen LogP contribution in [0, 0.1) is 6.92 Å². The molecule has 3 nitrogen and oxygen atoms in total. The van der Waals surface area contributed by atoms with Crippen molar-refractivity contribution in [2.45, 2.75) is 39.4 Å². The highest BCUT2D eigenvalue weighted by atomic mass is 35.5. The van der Waals surface area contributed by atoms with Crippen LogP contribution in [0.25, 0.3) is 10.9 Å². The maximum absolute atomic E-state index is 4.46. The van der Waals surface area contributed by atoms with Crippen molar-refractivity contribution in [2.75, 3.05) is 6.54 Å². The lowest BCUT2D eigenvalue weighted by Crippen LogP contribution is -2.30. The van der Waals surface area contributed by atoms with E-state index in [2.05, 4.69) is 81.2 Å². The summed E-state index contributed by atoms with van der Waals surface area (Å²) < 4.78 is 2.56. The summed E-state index contributed by atoms with van der Waals surface area (Å²) in [5.74, 6) is 0. The van der Waals surface area contributed by atoms with Gasteiger partial charge in [0.2, 0.25) is 0 Å². The second kappa shape index (κ2) is 9.03. The predicted octanol–water partition coefficient (Wildman–Crippen LogP) is 5.57. The van der Waals surface area contributed by atoms with E-state index in [0.717, 1.165) is 44.7 Å². The predicted molar refractivity (Wildman–Crippen MR) is 126 cm³/mol. The molecule has 154 valence electrons. The fourth-order valence-corrected chi connectivity index (χ4v) is 4.58. The molecule has 0 saturated carbocycles. The van der Waals surface area contributed by atoms with Crippen LogP contribution in [0.2, 0.25) is 0 Å². The van der Waals surface area contributed by atoms with Crippen LogP contribution in [0.15, 0.2) is 72.9 Å². The number of hydrogen-bond acceptors (Lipinski definition) is 2. The molecule has 0 fully saturated rings. The standard InChI is InChI=1S/C26H27N3.ClH/c1-20-11-12-21(17-27-20)13-16-29-25-10-6-5-9-23(25)24-19-28(15-14-26(24)29)18-22-7-3-2-4-8-22;/h2-12,17H,13-16,18-19H2,1H3;1H. The molecule has 0 bridgehead atoms. The second-order valence-electron chi connectivity index (χ2n) is 8.10. The van der Waals surface area contributed by atoms with Crippen LogP contribution in [0.3, 0.4) is 0 Å². The zero-order chi connectivity index (χ0) is 19.6. The Morgan fingerprint density at radius 1 is 0.900 bits per heavy atom. The summed E-state index contributed by atoms with van der Waals surface area (Å²) >= 11 is 0. The van der Waals surface area contributed by atoms with Gasteiger partial charge in [-0.2, -0.15) is 0 Å². The van der Waals surface area contributed by atoms with Crippen LogP contribution in [-0.2, 0) is 32.5 Å². The monoisotopic (exact) mass is 417 g/mol. The SMILES string of the molecule is Cc1ccc(CCn2c3c(c4ccccc42)CN(Cc2ccccc2)CC3)cn1.Cl. The minimum atomic E-state index is 0. The number of hydrogen-bond donors (Lipinski definition) is 0. The molecule has 1 aliphatic rings. The number of aryl methyl sites for hydroxylation is 3. The van der Waals surface area contributed by atoms with E-state index in [-0.39, 0.29) is 12.4 Å². The van der Waals surface area contributed by atoms with Crippen molar-refractivity contribution in [3.8, 4) is 0 Å². The van der Waals surface area contributed by atoms with Gasteiger partial charge in [-0.05, 0) is 42.2 Å². The zero-order valence-corrected chi connectivity index (χ0v) is 18.2. The molecule has 0 radical (unpaired) electrons. The molecular weight excluding hydrogens is 390 g/mol. The van der Waals surface area contributed by atoms with Crippen molar-refractivity contribution in [3.05, 3.63) is 101 Å². The molecule has 0 spiro atoms. The second-order valence-corrected chi connectivity index (χ2v) is 8.10. The van der Waals surface area contributed by atoms with Gasteiger partial charge in [-0.3, -0.25) is 9.88 Å². The lowest BCUT2D eigenvalue weighted by molar-refractivity contribution is 0.243. The molecule has 5 rings (SSSR count). The molecule has 3 heterocycles. The quantitative estimate of drug-likeness (QED) is 0.423. The summed E-state index contributed by atoms with van der Waals surface area (Å²) in [5, 5.41) is 1.42. The van der Waals surface area contributed by atoms with Crippen LogP contribution in [0.1, 0.15) is 28.1 Å². The highest BCUT2D eigenvalue weighted by Crippen LogP contribution is 2.31. The molecule has 2 aromatic carbocycles. The fraction of sp³-hybridized carbons (Fsp3) is 0.269. The Morgan fingerprint density at radius 3 is 2.50 bits per heavy atom. The zero-order valence-electron chi connectivity index (χ0n) is 17.4. The van der Waals surface area contributed by atoms with E-state index >= 15 is 0 Å². The Bertz CT molecular complexity index is 1120. The number of pyridine rings is 1. The van der Waals surface area contributed by atoms with Gasteiger partial charge in [0.15, 0.2) is 0 Å². The maximum Gasteiger partial charge on any atom is 0.0486 e. The third-order valence-electron chi connectivity index (χ3n) is 6.09. The van der Waals surface area contributed by atoms with E-state index in [9.17, 15) is 0 Å². The first-order valence-corrected chi connectivity index (χ1v) is 10.5. The Morgan fingerprint density at radius 2 is 1.70 bits per heavy atom. The van der Waals surface area contributed by atoms with Gasteiger partial charge in [-0.1, -0.05) is 54.6 Å². The molecule has 0 saturated heterocycles. The first-order chi connectivity index (χ1) is 14.3. The molecular formula is C26H28ClN3. The molecule has 4 heteroatoms. The third kappa shape index (κ3) is 4.14. The van der Waals surface area contributed by atoms with Gasteiger partial charge >= 0.3 is 0 Å². The van der Waals surface area contributed by atoms with Gasteiger partial charge in [0.05, 0.1) is 0 Å². The summed E-state index contributed by atoms with van der Waals surface area (Å²) in [5.41, 5.74) is 8.20. The number of fused-ring (bicyclic) bond motifs is 3. The van der Waals surface area contributed by atoms with Crippen LogP contribution in [0.4, 0.5) is 0 Å². The number of aromatic nitrogens is 2. The number of benzene rings is 2. The molecule has 2 aromatic heterocycles. The van der Waals surface area contributed by atoms with Gasteiger partial charge < -0.3 is 4.57 Å². The van der Waals surface area contributed by atoms with Gasteiger partial charge in [0, 0.05) is 61.1 Å². The molecule has 0 atom stereocenters. The van der Waals surface area contributed by atoms with E-state index < -0.39 is 0 Å². The number of rotatable bonds is 5. The summed E-state index contributed by atoms with van der Waals surface area (Å²) in [6.45, 7) is 6.23. The molecule has 30 heavy (non-hydrogen) atoms. The molecule has 4 aromatic rings. The van der Waals surface area contributed by atoms with E-state index in [1.165, 1.54) is 33.3 Å². The van der Waals surface area contributed by atoms with E-state index in [1.54, 1.807) is 0 Å². The van der Waals surface area contributed by atoms with E-state index in [0.29, 0.717) is 0 Å². The Kier molecular flexibility index (Phi) is 6.21. The van der Waals surface area contributed by atoms with Crippen LogP contribution >= 0.6 is 12.4 Å². The summed E-state index contributed by atoms with van der Waals surface area (Å²) in [6, 6.07) is 24.1. The average Bonchev–Trinajstić information content (AvgIpc) is 3.07. The Hall–Kier alpha value is -2.62. The fourth-order valence-electron chi connectivity index (χ4n) is 4.58. The Labute approximate surface area is 184 Å². The van der Waals surface area contributed by atoms with Crippen molar-refractivity contribution in [1.29, 1.82) is 0 Å². The minimum Gasteiger partial charge on any atom is -0.344 e. The van der Waals surface area contributed by atoms with Crippen LogP contribution in [0.5, 0.6) is 0 Å². The number of nitrogens with zero attached hydrogens (tertiary/aromatic N) is 3. The van der Waals surface area contributed by atoms with Crippen molar-refractivity contribution < 1.29 is 0 Å². The van der Waals surface area contributed by atoms with Crippen molar-refractivity contribution >= 4 is 23.3 Å². The van der Waals surface area contributed by atoms with Gasteiger partial charge in [-0.25, -0.2) is 0 Å². The summed E-state index contributed by atoms with van der Waals surface area (Å²) in [7, 11) is 0. The lowest BCUT2D eigenvalue weighted by atomic mass is 10.0. The normalized spacial score (nSPS) is 13.8. The molecule has 0 N–H and O–H groups in total. The summed E-state index contributed by atoms with van der Waals surface area (Å²) in [4.78, 5) is 7.04. The number of para-hydroxylation sites is 1. The average molecular weight is 418 g/mol. The topological polar surface area (TPSA) is 21.1 Å². The van der Waals surface area contributed by atoms with Gasteiger partial charge in [0.1, 0.15) is 0 Å². The van der Waals surface area contributed by atoms with Crippen molar-refractivity contribution in [1.82, 2.24) is 14.5 Å². The first-order valence-electron chi connectivity index (χ1n) is 10.5. The Balaban J connectivity index is 0.00000218. The van der Waals surface area contributed by atoms with Crippen LogP contribution < -0.4 is 0 Å². The third-order valence-corrected chi connectivity index (χ3v) is 6.09. The maximum atomic E-state index is 4.46. The minimum absolute atomic E-state index is 0. The smallest absolute Gasteiger partial charge is 0.0486 e. The molecule has 0 unspecified atom stereocenters. The summed E-state index contributed by atoms with van der Waals surface area (Å²) in [6.07, 6.45) is 4.16. The van der Waals surface area contributed by atoms with E-state index in [1.807, 2.05) is 13.1 Å². The van der Waals surface area contributed by atoms with Gasteiger partial charge in [-0.15, -0.1) is 12.4 Å². The largest absolute Gasteiger partial charge is 0.344 e. The molecule has 0 amide bonds. The van der Waals surface area contributed by atoms with Crippen molar-refractivity contribution in [2.24, 2.45) is 0 Å². The van der Waals surface area contributed by atoms with Crippen LogP contribution in [-0.4, -0.2) is 21.0 Å². The lowest BCUT2D eigenvalue weighted by Gasteiger charge is -2.28. The van der Waals surface area contributed by atoms with Gasteiger partial charge in [0.25, 0.3) is 0 Å². The van der Waals surface area contributed by atoms with Crippen molar-refractivity contribution in [3.63, 3.8) is 0 Å². The molecule has 1 aliphatic heterocycles. The number of halogens is 1. The van der Waals surface area contributed by atoms with E-state index in [4.69, 9.17) is 0 Å². The first kappa shape index (κ1) is 20.6. The highest BCUT2D eigenvalue weighted by molar-refractivity contribution is 5.86. The highest BCUT2D eigenvalue weighted by Gasteiger charge is 2.23. The molecule has 0 aliphatic carbocycles.